The van der Waals surface area contributed by atoms with Gasteiger partial charge in [0.2, 0.25) is 11.8 Å². The Bertz CT molecular complexity index is 605. The van der Waals surface area contributed by atoms with E-state index in [0.29, 0.717) is 19.8 Å². The summed E-state index contributed by atoms with van der Waals surface area (Å²) in [5.41, 5.74) is -0.549. The van der Waals surface area contributed by atoms with Crippen LogP contribution in [-0.4, -0.2) is 59.6 Å². The van der Waals surface area contributed by atoms with Gasteiger partial charge in [-0.15, -0.1) is 0 Å². The fourth-order valence-electron chi connectivity index (χ4n) is 4.26. The Labute approximate surface area is 148 Å². The van der Waals surface area contributed by atoms with Crippen LogP contribution in [0.4, 0.5) is 0 Å². The molecule has 2 saturated heterocycles. The van der Waals surface area contributed by atoms with Gasteiger partial charge in [-0.25, -0.2) is 4.79 Å². The second kappa shape index (κ2) is 5.69. The molecule has 0 spiro atoms. The number of hydrogen-bond acceptors (Lipinski definition) is 4. The monoisotopic (exact) mass is 352 g/mol. The molecule has 7 nitrogen and oxygen atoms in total. The third-order valence-electron chi connectivity index (χ3n) is 6.15. The molecule has 0 bridgehead atoms. The van der Waals surface area contributed by atoms with Gasteiger partial charge in [-0.05, 0) is 16.7 Å². The first-order chi connectivity index (χ1) is 11.5. The molecule has 0 unspecified atom stereocenters. The first kappa shape index (κ1) is 18.2. The second-order valence-corrected chi connectivity index (χ2v) is 9.27. The maximum Gasteiger partial charge on any atom is 0.326 e. The summed E-state index contributed by atoms with van der Waals surface area (Å²) in [6.07, 6.45) is 0. The normalized spacial score (nSPS) is 31.7. The van der Waals surface area contributed by atoms with E-state index in [0.717, 1.165) is 0 Å². The second-order valence-electron chi connectivity index (χ2n) is 9.27. The fraction of sp³-hybridized carbons (Fsp3) is 0.833. The summed E-state index contributed by atoms with van der Waals surface area (Å²) in [5.74, 6) is -1.47. The Kier molecular flexibility index (Phi) is 4.14. The number of carboxylic acids is 1. The van der Waals surface area contributed by atoms with Crippen LogP contribution >= 0.6 is 0 Å². The molecule has 2 amide bonds. The largest absolute Gasteiger partial charge is 0.480 e. The average molecular weight is 352 g/mol. The quantitative estimate of drug-likeness (QED) is 0.778. The van der Waals surface area contributed by atoms with Crippen molar-refractivity contribution < 1.29 is 24.2 Å². The van der Waals surface area contributed by atoms with Crippen LogP contribution < -0.4 is 5.32 Å². The lowest BCUT2D eigenvalue weighted by molar-refractivity contribution is -0.154. The SMILES string of the molecule is CC(C)(C)[C@H](NC(=O)C1COC1)C(=O)N1C[C@H]2[C@@H]([C@H]1C(=O)O)C2(C)C. The molecule has 2 heterocycles. The van der Waals surface area contributed by atoms with Gasteiger partial charge in [0.1, 0.15) is 12.1 Å². The lowest BCUT2D eigenvalue weighted by atomic mass is 9.84. The molecule has 2 N–H and O–H groups in total. The third kappa shape index (κ3) is 2.92. The molecule has 0 radical (unpaired) electrons. The van der Waals surface area contributed by atoms with Crippen molar-refractivity contribution in [2.24, 2.45) is 28.6 Å². The zero-order valence-corrected chi connectivity index (χ0v) is 15.5. The number of carbonyl (C=O) groups excluding carboxylic acids is 2. The molecule has 1 aliphatic carbocycles. The number of likely N-dealkylation sites (tertiary alicyclic amines) is 1. The number of ether oxygens (including phenoxy) is 1. The van der Waals surface area contributed by atoms with E-state index in [2.05, 4.69) is 19.2 Å². The van der Waals surface area contributed by atoms with E-state index < -0.39 is 23.5 Å². The highest BCUT2D eigenvalue weighted by Gasteiger charge is 2.70. The van der Waals surface area contributed by atoms with Gasteiger partial charge in [-0.2, -0.15) is 0 Å². The van der Waals surface area contributed by atoms with Crippen LogP contribution in [0.15, 0.2) is 0 Å². The van der Waals surface area contributed by atoms with E-state index in [9.17, 15) is 19.5 Å². The molecule has 0 aromatic carbocycles. The van der Waals surface area contributed by atoms with Crippen LogP contribution in [0.1, 0.15) is 34.6 Å². The minimum absolute atomic E-state index is 0.00898. The van der Waals surface area contributed by atoms with Gasteiger partial charge in [-0.3, -0.25) is 9.59 Å². The van der Waals surface area contributed by atoms with Crippen molar-refractivity contribution in [2.45, 2.75) is 46.7 Å². The summed E-state index contributed by atoms with van der Waals surface area (Å²) in [6, 6.07) is -1.55. The molecular formula is C18H28N2O5. The standard InChI is InChI=1S/C18H28N2O5/c1-17(2,3)13(19-14(21)9-7-25-8-9)15(22)20-6-10-11(18(10,4)5)12(20)16(23)24/h9-13H,6-8H2,1-5H3,(H,19,21)(H,23,24)/t10-,11-,12-,13+/m0/s1. The van der Waals surface area contributed by atoms with Crippen molar-refractivity contribution in [3.05, 3.63) is 0 Å². The average Bonchev–Trinajstić information content (AvgIpc) is 2.82. The molecule has 140 valence electrons. The Balaban J connectivity index is 1.78. The van der Waals surface area contributed by atoms with Crippen LogP contribution in [0.25, 0.3) is 0 Å². The number of carboxylic acid groups (broad SMARTS) is 1. The van der Waals surface area contributed by atoms with E-state index >= 15 is 0 Å². The Morgan fingerprint density at radius 2 is 1.84 bits per heavy atom. The van der Waals surface area contributed by atoms with Crippen LogP contribution in [0, 0.1) is 28.6 Å². The van der Waals surface area contributed by atoms with Gasteiger partial charge in [0, 0.05) is 12.5 Å². The smallest absolute Gasteiger partial charge is 0.326 e. The summed E-state index contributed by atoms with van der Waals surface area (Å²) in [6.45, 7) is 10.9. The number of carbonyl (C=O) groups is 3. The lowest BCUT2D eigenvalue weighted by Gasteiger charge is -2.38. The fourth-order valence-corrected chi connectivity index (χ4v) is 4.26. The van der Waals surface area contributed by atoms with Gasteiger partial charge in [-0.1, -0.05) is 34.6 Å². The zero-order chi connectivity index (χ0) is 18.7. The highest BCUT2D eigenvalue weighted by molar-refractivity contribution is 5.92. The van der Waals surface area contributed by atoms with Gasteiger partial charge in [0.15, 0.2) is 0 Å². The van der Waals surface area contributed by atoms with E-state index in [1.54, 1.807) is 0 Å². The number of amides is 2. The Hall–Kier alpha value is -1.63. The van der Waals surface area contributed by atoms with E-state index in [4.69, 9.17) is 4.74 Å². The number of fused-ring (bicyclic) bond motifs is 1. The van der Waals surface area contributed by atoms with Crippen molar-refractivity contribution in [2.75, 3.05) is 19.8 Å². The molecule has 1 saturated carbocycles. The molecule has 0 aromatic heterocycles. The van der Waals surface area contributed by atoms with Crippen molar-refractivity contribution in [3.63, 3.8) is 0 Å². The van der Waals surface area contributed by atoms with Gasteiger partial charge in [0.05, 0.1) is 19.1 Å². The maximum absolute atomic E-state index is 13.2. The van der Waals surface area contributed by atoms with Crippen LogP contribution in [0.3, 0.4) is 0 Å². The van der Waals surface area contributed by atoms with E-state index in [-0.39, 0.29) is 35.0 Å². The van der Waals surface area contributed by atoms with Crippen molar-refractivity contribution in [1.82, 2.24) is 10.2 Å². The first-order valence-corrected chi connectivity index (χ1v) is 8.87. The summed E-state index contributed by atoms with van der Waals surface area (Å²) >= 11 is 0. The number of rotatable bonds is 4. The number of aliphatic carboxylic acids is 1. The zero-order valence-electron chi connectivity index (χ0n) is 15.5. The number of piperidine rings is 1. The predicted molar refractivity (Wildman–Crippen MR) is 89.6 cm³/mol. The summed E-state index contributed by atoms with van der Waals surface area (Å²) < 4.78 is 5.04. The molecule has 25 heavy (non-hydrogen) atoms. The van der Waals surface area contributed by atoms with Crippen molar-refractivity contribution in [1.29, 1.82) is 0 Å². The molecular weight excluding hydrogens is 324 g/mol. The maximum atomic E-state index is 13.2. The molecule has 7 heteroatoms. The van der Waals surface area contributed by atoms with Gasteiger partial charge in [0.25, 0.3) is 0 Å². The predicted octanol–water partition coefficient (Wildman–Crippen LogP) is 0.731. The van der Waals surface area contributed by atoms with Crippen LogP contribution in [0.5, 0.6) is 0 Å². The Morgan fingerprint density at radius 1 is 1.24 bits per heavy atom. The van der Waals surface area contributed by atoms with Gasteiger partial charge < -0.3 is 20.1 Å². The minimum atomic E-state index is -0.960. The van der Waals surface area contributed by atoms with Crippen molar-refractivity contribution in [3.8, 4) is 0 Å². The summed E-state index contributed by atoms with van der Waals surface area (Å²) in [5, 5.41) is 12.5. The third-order valence-corrected chi connectivity index (χ3v) is 6.15. The topological polar surface area (TPSA) is 95.9 Å². The first-order valence-electron chi connectivity index (χ1n) is 8.87. The summed E-state index contributed by atoms with van der Waals surface area (Å²) in [7, 11) is 0. The molecule has 4 atom stereocenters. The Morgan fingerprint density at radius 3 is 2.28 bits per heavy atom. The highest BCUT2D eigenvalue weighted by atomic mass is 16.5. The highest BCUT2D eigenvalue weighted by Crippen LogP contribution is 2.65. The van der Waals surface area contributed by atoms with Crippen LogP contribution in [-0.2, 0) is 19.1 Å². The molecule has 3 rings (SSSR count). The van der Waals surface area contributed by atoms with Gasteiger partial charge >= 0.3 is 5.97 Å². The number of nitrogens with zero attached hydrogens (tertiary/aromatic N) is 1. The molecule has 3 fully saturated rings. The molecule has 0 aromatic rings. The molecule has 3 aliphatic rings. The number of nitrogens with one attached hydrogen (secondary N) is 1. The lowest BCUT2D eigenvalue weighted by Crippen LogP contribution is -2.59. The van der Waals surface area contributed by atoms with E-state index in [1.807, 2.05) is 20.8 Å². The van der Waals surface area contributed by atoms with Crippen LogP contribution in [0.2, 0.25) is 0 Å². The van der Waals surface area contributed by atoms with Crippen molar-refractivity contribution >= 4 is 17.8 Å². The van der Waals surface area contributed by atoms with E-state index in [1.165, 1.54) is 4.90 Å². The molecule has 2 aliphatic heterocycles. The minimum Gasteiger partial charge on any atom is -0.480 e. The number of hydrogen-bond donors (Lipinski definition) is 2. The summed E-state index contributed by atoms with van der Waals surface area (Å²) in [4.78, 5) is 38.8.